The van der Waals surface area contributed by atoms with E-state index in [4.69, 9.17) is 17.3 Å². The quantitative estimate of drug-likeness (QED) is 0.843. The van der Waals surface area contributed by atoms with Crippen molar-refractivity contribution >= 4 is 11.6 Å². The Labute approximate surface area is 108 Å². The summed E-state index contributed by atoms with van der Waals surface area (Å²) in [5.74, 6) is 0.0727. The first kappa shape index (κ1) is 14.5. The van der Waals surface area contributed by atoms with Gasteiger partial charge < -0.3 is 10.8 Å². The first-order valence-electron chi connectivity index (χ1n) is 5.98. The maximum absolute atomic E-state index is 10.5. The third-order valence-electron chi connectivity index (χ3n) is 3.40. The van der Waals surface area contributed by atoms with Crippen LogP contribution in [0.15, 0.2) is 0 Å². The molecule has 0 fully saturated rings. The van der Waals surface area contributed by atoms with E-state index in [-0.39, 0.29) is 12.5 Å². The topological polar surface area (TPSA) is 64.1 Å². The monoisotopic (exact) mass is 259 g/mol. The fourth-order valence-corrected chi connectivity index (χ4v) is 2.17. The second-order valence-electron chi connectivity index (χ2n) is 4.82. The standard InChI is InChI=1S/C12H22ClN3O/c1-5-9-11(13)10(16(4)15-9)6-12(17,7-14)8(2)3/h8,17H,5-7,14H2,1-4H3. The Morgan fingerprint density at radius 3 is 2.47 bits per heavy atom. The van der Waals surface area contributed by atoms with Crippen molar-refractivity contribution in [2.45, 2.75) is 39.2 Å². The lowest BCUT2D eigenvalue weighted by Crippen LogP contribution is -2.45. The smallest absolute Gasteiger partial charge is 0.0850 e. The molecule has 1 heterocycles. The molecule has 0 saturated carbocycles. The highest BCUT2D eigenvalue weighted by Crippen LogP contribution is 2.27. The van der Waals surface area contributed by atoms with Gasteiger partial charge in [-0.3, -0.25) is 4.68 Å². The number of hydrogen-bond acceptors (Lipinski definition) is 3. The summed E-state index contributed by atoms with van der Waals surface area (Å²) in [4.78, 5) is 0. The molecule has 17 heavy (non-hydrogen) atoms. The summed E-state index contributed by atoms with van der Waals surface area (Å²) >= 11 is 6.26. The van der Waals surface area contributed by atoms with E-state index < -0.39 is 5.60 Å². The lowest BCUT2D eigenvalue weighted by atomic mass is 9.86. The van der Waals surface area contributed by atoms with Crippen molar-refractivity contribution in [2.75, 3.05) is 6.54 Å². The van der Waals surface area contributed by atoms with E-state index in [0.29, 0.717) is 11.4 Å². The first-order valence-corrected chi connectivity index (χ1v) is 6.36. The lowest BCUT2D eigenvalue weighted by molar-refractivity contribution is 0.00251. The van der Waals surface area contributed by atoms with Crippen LogP contribution < -0.4 is 5.73 Å². The fraction of sp³-hybridized carbons (Fsp3) is 0.750. The number of halogens is 1. The van der Waals surface area contributed by atoms with Gasteiger partial charge in [0.25, 0.3) is 0 Å². The molecule has 4 nitrogen and oxygen atoms in total. The zero-order valence-electron chi connectivity index (χ0n) is 11.0. The number of rotatable bonds is 5. The molecule has 0 spiro atoms. The minimum atomic E-state index is -0.928. The summed E-state index contributed by atoms with van der Waals surface area (Å²) in [6.45, 7) is 6.14. The van der Waals surface area contributed by atoms with Gasteiger partial charge in [-0.15, -0.1) is 0 Å². The average Bonchev–Trinajstić information content (AvgIpc) is 2.55. The third-order valence-corrected chi connectivity index (χ3v) is 3.84. The van der Waals surface area contributed by atoms with Crippen LogP contribution in [0.1, 0.15) is 32.2 Å². The summed E-state index contributed by atoms with van der Waals surface area (Å²) in [5.41, 5.74) is 6.46. The number of nitrogens with zero attached hydrogens (tertiary/aromatic N) is 2. The normalized spacial score (nSPS) is 15.3. The zero-order chi connectivity index (χ0) is 13.2. The van der Waals surface area contributed by atoms with Crippen molar-refractivity contribution in [1.82, 2.24) is 9.78 Å². The van der Waals surface area contributed by atoms with Gasteiger partial charge in [0, 0.05) is 20.0 Å². The van der Waals surface area contributed by atoms with Crippen molar-refractivity contribution in [3.05, 3.63) is 16.4 Å². The van der Waals surface area contributed by atoms with E-state index in [1.165, 1.54) is 0 Å². The molecule has 0 amide bonds. The van der Waals surface area contributed by atoms with Gasteiger partial charge in [-0.1, -0.05) is 32.4 Å². The van der Waals surface area contributed by atoms with Gasteiger partial charge >= 0.3 is 0 Å². The highest BCUT2D eigenvalue weighted by atomic mass is 35.5. The van der Waals surface area contributed by atoms with Crippen molar-refractivity contribution in [3.63, 3.8) is 0 Å². The molecule has 0 radical (unpaired) electrons. The van der Waals surface area contributed by atoms with Crippen molar-refractivity contribution in [3.8, 4) is 0 Å². The fourth-order valence-electron chi connectivity index (χ4n) is 1.81. The zero-order valence-corrected chi connectivity index (χ0v) is 11.8. The summed E-state index contributed by atoms with van der Waals surface area (Å²) < 4.78 is 1.74. The van der Waals surface area contributed by atoms with Crippen LogP contribution in [0.5, 0.6) is 0 Å². The largest absolute Gasteiger partial charge is 0.388 e. The second kappa shape index (κ2) is 5.38. The minimum absolute atomic E-state index is 0.0727. The highest BCUT2D eigenvalue weighted by Gasteiger charge is 2.32. The van der Waals surface area contributed by atoms with Crippen LogP contribution in [-0.2, 0) is 19.9 Å². The molecule has 5 heteroatoms. The van der Waals surface area contributed by atoms with Gasteiger partial charge in [0.1, 0.15) is 0 Å². The van der Waals surface area contributed by atoms with E-state index in [9.17, 15) is 5.11 Å². The Morgan fingerprint density at radius 1 is 1.53 bits per heavy atom. The predicted molar refractivity (Wildman–Crippen MR) is 70.1 cm³/mol. The van der Waals surface area contributed by atoms with Gasteiger partial charge in [-0.05, 0) is 12.3 Å². The molecule has 1 aromatic rings. The summed E-state index contributed by atoms with van der Waals surface area (Å²) in [6, 6.07) is 0. The van der Waals surface area contributed by atoms with Gasteiger partial charge in [0.2, 0.25) is 0 Å². The van der Waals surface area contributed by atoms with Crippen molar-refractivity contribution < 1.29 is 5.11 Å². The number of aromatic nitrogens is 2. The van der Waals surface area contributed by atoms with E-state index in [0.717, 1.165) is 17.8 Å². The van der Waals surface area contributed by atoms with Crippen LogP contribution in [0.4, 0.5) is 0 Å². The molecule has 1 rings (SSSR count). The SMILES string of the molecule is CCc1nn(C)c(CC(O)(CN)C(C)C)c1Cl. The molecule has 1 atom stereocenters. The third kappa shape index (κ3) is 2.81. The Bertz CT molecular complexity index is 389. The minimum Gasteiger partial charge on any atom is -0.388 e. The number of aryl methyl sites for hydroxylation is 2. The lowest BCUT2D eigenvalue weighted by Gasteiger charge is -2.30. The average molecular weight is 260 g/mol. The van der Waals surface area contributed by atoms with Crippen LogP contribution in [0.2, 0.25) is 5.02 Å². The molecule has 1 unspecified atom stereocenters. The Hall–Kier alpha value is -0.580. The first-order chi connectivity index (χ1) is 7.85. The predicted octanol–water partition coefficient (Wildman–Crippen LogP) is 1.52. The molecule has 0 aromatic carbocycles. The van der Waals surface area contributed by atoms with Crippen LogP contribution in [-0.4, -0.2) is 27.0 Å². The van der Waals surface area contributed by atoms with E-state index >= 15 is 0 Å². The van der Waals surface area contributed by atoms with Crippen LogP contribution in [0, 0.1) is 5.92 Å². The van der Waals surface area contributed by atoms with E-state index in [2.05, 4.69) is 5.10 Å². The second-order valence-corrected chi connectivity index (χ2v) is 5.20. The van der Waals surface area contributed by atoms with Crippen molar-refractivity contribution in [1.29, 1.82) is 0 Å². The Kier molecular flexibility index (Phi) is 4.58. The van der Waals surface area contributed by atoms with Crippen LogP contribution in [0.25, 0.3) is 0 Å². The molecule has 3 N–H and O–H groups in total. The maximum Gasteiger partial charge on any atom is 0.0850 e. The van der Waals surface area contributed by atoms with Gasteiger partial charge in [0.15, 0.2) is 0 Å². The molecule has 98 valence electrons. The molecule has 0 aliphatic carbocycles. The van der Waals surface area contributed by atoms with E-state index in [1.54, 1.807) is 4.68 Å². The van der Waals surface area contributed by atoms with Gasteiger partial charge in [-0.2, -0.15) is 5.10 Å². The molecule has 1 aromatic heterocycles. The van der Waals surface area contributed by atoms with Gasteiger partial charge in [0.05, 0.1) is 22.0 Å². The molecule has 0 aliphatic rings. The van der Waals surface area contributed by atoms with Gasteiger partial charge in [-0.25, -0.2) is 0 Å². The summed E-state index contributed by atoms with van der Waals surface area (Å²) in [6.07, 6.45) is 1.22. The highest BCUT2D eigenvalue weighted by molar-refractivity contribution is 6.31. The molecule has 0 aliphatic heterocycles. The number of hydrogen-bond donors (Lipinski definition) is 2. The summed E-state index contributed by atoms with van der Waals surface area (Å²) in [5, 5.41) is 15.5. The number of nitrogens with two attached hydrogens (primary N) is 1. The number of aliphatic hydroxyl groups is 1. The van der Waals surface area contributed by atoms with Crippen molar-refractivity contribution in [2.24, 2.45) is 18.7 Å². The van der Waals surface area contributed by atoms with E-state index in [1.807, 2.05) is 27.8 Å². The Morgan fingerprint density at radius 2 is 2.12 bits per heavy atom. The molecule has 0 bridgehead atoms. The van der Waals surface area contributed by atoms with Crippen LogP contribution in [0.3, 0.4) is 0 Å². The summed E-state index contributed by atoms with van der Waals surface area (Å²) in [7, 11) is 1.84. The molecular formula is C12H22ClN3O. The molecule has 0 saturated heterocycles. The molecular weight excluding hydrogens is 238 g/mol. The van der Waals surface area contributed by atoms with Crippen LogP contribution >= 0.6 is 11.6 Å². The maximum atomic E-state index is 10.5. The Balaban J connectivity index is 3.06.